The maximum absolute atomic E-state index is 13.3. The van der Waals surface area contributed by atoms with E-state index in [0.717, 1.165) is 5.39 Å². The van der Waals surface area contributed by atoms with Crippen molar-refractivity contribution in [2.45, 2.75) is 13.2 Å². The van der Waals surface area contributed by atoms with Crippen molar-refractivity contribution in [1.29, 1.82) is 5.26 Å². The third-order valence-electron chi connectivity index (χ3n) is 4.66. The monoisotopic (exact) mass is 482 g/mol. The average molecular weight is 483 g/mol. The van der Waals surface area contributed by atoms with Crippen LogP contribution in [0.15, 0.2) is 66.7 Å². The molecule has 0 aliphatic heterocycles. The minimum Gasteiger partial charge on any atom is -0.489 e. The third-order valence-corrected chi connectivity index (χ3v) is 5.16. The van der Waals surface area contributed by atoms with E-state index >= 15 is 0 Å². The first kappa shape index (κ1) is 22.7. The summed E-state index contributed by atoms with van der Waals surface area (Å²) in [7, 11) is 0. The lowest BCUT2D eigenvalue weighted by atomic mass is 10.2. The molecule has 33 heavy (non-hydrogen) atoms. The summed E-state index contributed by atoms with van der Waals surface area (Å²) in [6.07, 6.45) is 0. The smallest absolute Gasteiger partial charge is 0.174 e. The molecule has 5 nitrogen and oxygen atoms in total. The zero-order chi connectivity index (χ0) is 23.2. The van der Waals surface area contributed by atoms with Gasteiger partial charge in [-0.1, -0.05) is 35.3 Å². The van der Waals surface area contributed by atoms with E-state index in [1.54, 1.807) is 48.5 Å². The standard InChI is InChI=1S/C25H17Cl2FN2O3/c26-18-10-17(25(23(27)12-18)31-9-8-29)14-32-21-2-1-3-22(13-21)33-15-20-6-4-16-11-19(28)5-7-24(16)30-20/h1-7,10-13H,9,14-15H2. The Bertz CT molecular complexity index is 1340. The second-order valence-electron chi connectivity index (χ2n) is 7.01. The van der Waals surface area contributed by atoms with Crippen molar-refractivity contribution >= 4 is 34.1 Å². The van der Waals surface area contributed by atoms with Gasteiger partial charge in [-0.2, -0.15) is 5.26 Å². The molecule has 3 aromatic carbocycles. The molecule has 0 spiro atoms. The van der Waals surface area contributed by atoms with Crippen molar-refractivity contribution in [3.8, 4) is 23.3 Å². The lowest BCUT2D eigenvalue weighted by Crippen LogP contribution is -2.03. The molecule has 0 N–H and O–H groups in total. The van der Waals surface area contributed by atoms with Gasteiger partial charge in [0.05, 0.1) is 16.2 Å². The van der Waals surface area contributed by atoms with Crippen LogP contribution in [0, 0.1) is 17.1 Å². The van der Waals surface area contributed by atoms with Gasteiger partial charge < -0.3 is 14.2 Å². The van der Waals surface area contributed by atoms with Crippen molar-refractivity contribution < 1.29 is 18.6 Å². The van der Waals surface area contributed by atoms with Gasteiger partial charge in [0, 0.05) is 22.0 Å². The number of halogens is 3. The van der Waals surface area contributed by atoms with E-state index in [1.165, 1.54) is 12.1 Å². The molecule has 0 saturated heterocycles. The number of nitrogens with zero attached hydrogens (tertiary/aromatic N) is 2. The lowest BCUT2D eigenvalue weighted by molar-refractivity contribution is 0.281. The Labute approximate surface area is 199 Å². The highest BCUT2D eigenvalue weighted by Crippen LogP contribution is 2.33. The second-order valence-corrected chi connectivity index (χ2v) is 7.86. The van der Waals surface area contributed by atoms with Crippen LogP contribution in [-0.4, -0.2) is 11.6 Å². The van der Waals surface area contributed by atoms with Crippen LogP contribution >= 0.6 is 23.2 Å². The van der Waals surface area contributed by atoms with Crippen molar-refractivity contribution in [2.75, 3.05) is 6.61 Å². The Balaban J connectivity index is 1.42. The van der Waals surface area contributed by atoms with Crippen LogP contribution < -0.4 is 14.2 Å². The Morgan fingerprint density at radius 1 is 0.879 bits per heavy atom. The maximum Gasteiger partial charge on any atom is 0.174 e. The predicted molar refractivity (Wildman–Crippen MR) is 124 cm³/mol. The molecule has 0 fully saturated rings. The summed E-state index contributed by atoms with van der Waals surface area (Å²) >= 11 is 12.3. The number of aromatic nitrogens is 1. The van der Waals surface area contributed by atoms with Crippen LogP contribution in [0.25, 0.3) is 10.9 Å². The van der Waals surface area contributed by atoms with Gasteiger partial charge >= 0.3 is 0 Å². The fourth-order valence-electron chi connectivity index (χ4n) is 3.18. The lowest BCUT2D eigenvalue weighted by Gasteiger charge is -2.14. The van der Waals surface area contributed by atoms with Gasteiger partial charge in [-0.3, -0.25) is 0 Å². The molecule has 0 radical (unpaired) electrons. The Hall–Kier alpha value is -3.53. The van der Waals surface area contributed by atoms with Gasteiger partial charge in [-0.05, 0) is 48.5 Å². The molecule has 0 amide bonds. The first-order valence-electron chi connectivity index (χ1n) is 9.90. The molecule has 4 aromatic rings. The van der Waals surface area contributed by atoms with Gasteiger partial charge in [0.1, 0.15) is 42.3 Å². The SMILES string of the molecule is N#CCOc1c(Cl)cc(Cl)cc1COc1cccc(OCc2ccc3cc(F)ccc3n2)c1. The summed E-state index contributed by atoms with van der Waals surface area (Å²) in [6.45, 7) is 0.232. The van der Waals surface area contributed by atoms with Gasteiger partial charge in [-0.25, -0.2) is 9.37 Å². The second kappa shape index (κ2) is 10.4. The third kappa shape index (κ3) is 5.83. The van der Waals surface area contributed by atoms with Gasteiger partial charge in [0.25, 0.3) is 0 Å². The summed E-state index contributed by atoms with van der Waals surface area (Å²) in [5.41, 5.74) is 2.03. The number of hydrogen-bond donors (Lipinski definition) is 0. The van der Waals surface area contributed by atoms with E-state index in [4.69, 9.17) is 42.7 Å². The van der Waals surface area contributed by atoms with E-state index < -0.39 is 0 Å². The molecule has 0 atom stereocenters. The van der Waals surface area contributed by atoms with E-state index in [1.807, 2.05) is 12.1 Å². The minimum atomic E-state index is -0.297. The molecule has 166 valence electrons. The van der Waals surface area contributed by atoms with Gasteiger partial charge in [-0.15, -0.1) is 0 Å². The van der Waals surface area contributed by atoms with Crippen molar-refractivity contribution in [1.82, 2.24) is 4.98 Å². The number of ether oxygens (including phenoxy) is 3. The number of benzene rings is 3. The largest absolute Gasteiger partial charge is 0.489 e. The normalized spacial score (nSPS) is 10.6. The Morgan fingerprint density at radius 3 is 2.45 bits per heavy atom. The average Bonchev–Trinajstić information content (AvgIpc) is 2.81. The summed E-state index contributed by atoms with van der Waals surface area (Å²) in [5.74, 6) is 1.22. The van der Waals surface area contributed by atoms with E-state index in [2.05, 4.69) is 4.98 Å². The maximum atomic E-state index is 13.3. The van der Waals surface area contributed by atoms with E-state index in [0.29, 0.717) is 44.1 Å². The zero-order valence-electron chi connectivity index (χ0n) is 17.2. The topological polar surface area (TPSA) is 64.4 Å². The van der Waals surface area contributed by atoms with Crippen molar-refractivity contribution in [3.63, 3.8) is 0 Å². The van der Waals surface area contributed by atoms with Crippen molar-refractivity contribution in [3.05, 3.63) is 93.8 Å². The van der Waals surface area contributed by atoms with Crippen LogP contribution in [0.2, 0.25) is 10.0 Å². The Morgan fingerprint density at radius 2 is 1.67 bits per heavy atom. The van der Waals surface area contributed by atoms with Crippen LogP contribution in [0.3, 0.4) is 0 Å². The molecular formula is C25H17Cl2FN2O3. The molecule has 4 rings (SSSR count). The number of rotatable bonds is 8. The fraction of sp³-hybridized carbons (Fsp3) is 0.120. The molecule has 0 unspecified atom stereocenters. The van der Waals surface area contributed by atoms with Crippen LogP contribution in [0.5, 0.6) is 17.2 Å². The quantitative estimate of drug-likeness (QED) is 0.278. The van der Waals surface area contributed by atoms with Gasteiger partial charge in [0.2, 0.25) is 0 Å². The summed E-state index contributed by atoms with van der Waals surface area (Å²) in [6, 6.07) is 20.4. The summed E-state index contributed by atoms with van der Waals surface area (Å²) < 4.78 is 30.5. The molecule has 8 heteroatoms. The Kier molecular flexibility index (Phi) is 7.13. The summed E-state index contributed by atoms with van der Waals surface area (Å²) in [5, 5.41) is 10.3. The van der Waals surface area contributed by atoms with Crippen LogP contribution in [-0.2, 0) is 13.2 Å². The number of fused-ring (bicyclic) bond motifs is 1. The molecule has 0 aliphatic carbocycles. The highest BCUT2D eigenvalue weighted by Gasteiger charge is 2.12. The summed E-state index contributed by atoms with van der Waals surface area (Å²) in [4.78, 5) is 4.50. The predicted octanol–water partition coefficient (Wildman–Crippen LogP) is 6.74. The molecule has 1 heterocycles. The van der Waals surface area contributed by atoms with Crippen LogP contribution in [0.1, 0.15) is 11.3 Å². The molecule has 0 bridgehead atoms. The molecule has 1 aromatic heterocycles. The first-order valence-corrected chi connectivity index (χ1v) is 10.7. The number of nitriles is 1. The molecular weight excluding hydrogens is 466 g/mol. The first-order chi connectivity index (χ1) is 16.0. The molecule has 0 aliphatic rings. The molecule has 0 saturated carbocycles. The van der Waals surface area contributed by atoms with E-state index in [-0.39, 0.29) is 25.6 Å². The highest BCUT2D eigenvalue weighted by molar-refractivity contribution is 6.35. The zero-order valence-corrected chi connectivity index (χ0v) is 18.7. The number of pyridine rings is 1. The number of hydrogen-bond acceptors (Lipinski definition) is 5. The van der Waals surface area contributed by atoms with Crippen LogP contribution in [0.4, 0.5) is 4.39 Å². The van der Waals surface area contributed by atoms with Crippen molar-refractivity contribution in [2.24, 2.45) is 0 Å². The van der Waals surface area contributed by atoms with E-state index in [9.17, 15) is 4.39 Å². The minimum absolute atomic E-state index is 0.132. The highest BCUT2D eigenvalue weighted by atomic mass is 35.5. The fourth-order valence-corrected chi connectivity index (χ4v) is 3.77. The van der Waals surface area contributed by atoms with Gasteiger partial charge in [0.15, 0.2) is 6.61 Å².